The van der Waals surface area contributed by atoms with Gasteiger partial charge in [-0.1, -0.05) is 19.3 Å². The molecule has 19 heavy (non-hydrogen) atoms. The number of rotatable bonds is 5. The summed E-state index contributed by atoms with van der Waals surface area (Å²) in [5, 5.41) is 9.13. The quantitative estimate of drug-likeness (QED) is 0.835. The Bertz CT molecular complexity index is 313. The zero-order chi connectivity index (χ0) is 14.4. The molecule has 2 unspecified atom stereocenters. The summed E-state index contributed by atoms with van der Waals surface area (Å²) in [5.74, 6) is -1.47. The Morgan fingerprint density at radius 2 is 1.84 bits per heavy atom. The summed E-state index contributed by atoms with van der Waals surface area (Å²) in [6.45, 7) is 5.52. The maximum atomic E-state index is 12.1. The maximum absolute atomic E-state index is 12.1. The van der Waals surface area contributed by atoms with Crippen LogP contribution < -0.4 is 0 Å². The first kappa shape index (κ1) is 15.8. The third kappa shape index (κ3) is 4.11. The van der Waals surface area contributed by atoms with Crippen molar-refractivity contribution in [2.75, 3.05) is 6.61 Å². The Morgan fingerprint density at radius 3 is 2.32 bits per heavy atom. The molecule has 1 N–H and O–H groups in total. The van der Waals surface area contributed by atoms with Crippen LogP contribution in [0.15, 0.2) is 0 Å². The molecule has 0 heterocycles. The largest absolute Gasteiger partial charge is 0.481 e. The molecule has 0 bridgehead atoms. The van der Waals surface area contributed by atoms with E-state index < -0.39 is 11.9 Å². The van der Waals surface area contributed by atoms with Gasteiger partial charge in [-0.2, -0.15) is 0 Å². The molecule has 5 nitrogen and oxygen atoms in total. The molecule has 0 saturated heterocycles. The minimum absolute atomic E-state index is 0.115. The number of hydrogen-bond acceptors (Lipinski definition) is 3. The van der Waals surface area contributed by atoms with E-state index in [1.165, 1.54) is 6.42 Å². The summed E-state index contributed by atoms with van der Waals surface area (Å²) in [7, 11) is 0. The lowest BCUT2D eigenvalue weighted by Crippen LogP contribution is -2.50. The van der Waals surface area contributed by atoms with E-state index in [1.807, 2.05) is 0 Å². The molecule has 1 saturated carbocycles. The smallest absolute Gasteiger partial charge is 0.410 e. The molecule has 2 atom stereocenters. The fourth-order valence-corrected chi connectivity index (χ4v) is 2.65. The second kappa shape index (κ2) is 7.36. The van der Waals surface area contributed by atoms with Crippen molar-refractivity contribution in [3.63, 3.8) is 0 Å². The van der Waals surface area contributed by atoms with Crippen molar-refractivity contribution in [2.24, 2.45) is 5.92 Å². The molecule has 0 aromatic rings. The number of carbonyl (C=O) groups is 2. The van der Waals surface area contributed by atoms with Gasteiger partial charge in [-0.15, -0.1) is 0 Å². The molecule has 1 aliphatic carbocycles. The van der Waals surface area contributed by atoms with E-state index in [-0.39, 0.29) is 18.2 Å². The first-order valence-electron chi connectivity index (χ1n) is 7.16. The van der Waals surface area contributed by atoms with Gasteiger partial charge in [-0.3, -0.25) is 4.79 Å². The van der Waals surface area contributed by atoms with Crippen molar-refractivity contribution in [3.8, 4) is 0 Å². The van der Waals surface area contributed by atoms with Gasteiger partial charge in [0.1, 0.15) is 0 Å². The second-order valence-corrected chi connectivity index (χ2v) is 5.27. The topological polar surface area (TPSA) is 66.8 Å². The third-order valence-electron chi connectivity index (χ3n) is 4.00. The lowest BCUT2D eigenvalue weighted by Gasteiger charge is -2.39. The molecule has 0 radical (unpaired) electrons. The Hall–Kier alpha value is -1.26. The van der Waals surface area contributed by atoms with Gasteiger partial charge in [0.15, 0.2) is 0 Å². The van der Waals surface area contributed by atoms with E-state index in [9.17, 15) is 9.59 Å². The van der Waals surface area contributed by atoms with Gasteiger partial charge in [0.2, 0.25) is 0 Å². The minimum atomic E-state index is -0.877. The van der Waals surface area contributed by atoms with E-state index in [4.69, 9.17) is 9.84 Å². The summed E-state index contributed by atoms with van der Waals surface area (Å²) in [4.78, 5) is 24.9. The normalized spacial score (nSPS) is 19.5. The third-order valence-corrected chi connectivity index (χ3v) is 4.00. The van der Waals surface area contributed by atoms with E-state index >= 15 is 0 Å². The van der Waals surface area contributed by atoms with Crippen LogP contribution >= 0.6 is 0 Å². The van der Waals surface area contributed by atoms with Gasteiger partial charge in [-0.25, -0.2) is 4.79 Å². The summed E-state index contributed by atoms with van der Waals surface area (Å²) in [6, 6.07) is -0.232. The number of aliphatic carboxylic acids is 1. The molecule has 110 valence electrons. The molecule has 0 aliphatic heterocycles. The van der Waals surface area contributed by atoms with Crippen LogP contribution in [0.2, 0.25) is 0 Å². The van der Waals surface area contributed by atoms with E-state index in [0.717, 1.165) is 25.7 Å². The van der Waals surface area contributed by atoms with Crippen LogP contribution in [0.3, 0.4) is 0 Å². The number of carboxylic acids is 1. The summed E-state index contributed by atoms with van der Waals surface area (Å²) < 4.78 is 5.10. The predicted molar refractivity (Wildman–Crippen MR) is 72.0 cm³/mol. The van der Waals surface area contributed by atoms with Crippen molar-refractivity contribution in [1.82, 2.24) is 4.90 Å². The van der Waals surface area contributed by atoms with Crippen LogP contribution in [0, 0.1) is 5.92 Å². The first-order valence-corrected chi connectivity index (χ1v) is 7.16. The molecule has 5 heteroatoms. The van der Waals surface area contributed by atoms with Gasteiger partial charge < -0.3 is 14.7 Å². The van der Waals surface area contributed by atoms with Crippen molar-refractivity contribution < 1.29 is 19.4 Å². The Balaban J connectivity index is 2.83. The zero-order valence-electron chi connectivity index (χ0n) is 12.1. The number of hydrogen-bond donors (Lipinski definition) is 1. The average molecular weight is 271 g/mol. The average Bonchev–Trinajstić information content (AvgIpc) is 2.39. The minimum Gasteiger partial charge on any atom is -0.481 e. The van der Waals surface area contributed by atoms with Crippen molar-refractivity contribution >= 4 is 12.1 Å². The molecule has 1 rings (SSSR count). The highest BCUT2D eigenvalue weighted by molar-refractivity contribution is 5.73. The lowest BCUT2D eigenvalue weighted by atomic mass is 9.91. The van der Waals surface area contributed by atoms with Crippen molar-refractivity contribution in [2.45, 2.75) is 65.0 Å². The predicted octanol–water partition coefficient (Wildman–Crippen LogP) is 2.89. The molecule has 0 aromatic carbocycles. The molecule has 1 aliphatic rings. The first-order chi connectivity index (χ1) is 8.99. The highest BCUT2D eigenvalue weighted by Gasteiger charge is 2.35. The number of carboxylic acid groups (broad SMARTS) is 1. The highest BCUT2D eigenvalue weighted by Crippen LogP contribution is 2.27. The fourth-order valence-electron chi connectivity index (χ4n) is 2.65. The molecule has 1 amide bonds. The van der Waals surface area contributed by atoms with E-state index in [1.54, 1.807) is 25.7 Å². The number of carbonyl (C=O) groups excluding carboxylic acids is 1. The van der Waals surface area contributed by atoms with Crippen LogP contribution in [0.25, 0.3) is 0 Å². The van der Waals surface area contributed by atoms with Gasteiger partial charge in [0.25, 0.3) is 0 Å². The van der Waals surface area contributed by atoms with Gasteiger partial charge >= 0.3 is 12.1 Å². The van der Waals surface area contributed by atoms with Crippen molar-refractivity contribution in [1.29, 1.82) is 0 Å². The lowest BCUT2D eigenvalue weighted by molar-refractivity contribution is -0.143. The Kier molecular flexibility index (Phi) is 6.12. The number of nitrogens with zero attached hydrogens (tertiary/aromatic N) is 1. The second-order valence-electron chi connectivity index (χ2n) is 5.27. The molecular weight excluding hydrogens is 246 g/mol. The molecule has 1 fully saturated rings. The van der Waals surface area contributed by atoms with Crippen LogP contribution in [0.5, 0.6) is 0 Å². The standard InChI is InChI=1S/C14H25NO4/c1-4-19-14(18)15(11(3)10(2)13(16)17)12-8-6-5-7-9-12/h10-12H,4-9H2,1-3H3,(H,16,17). The Labute approximate surface area is 114 Å². The van der Waals surface area contributed by atoms with Crippen LogP contribution in [0.1, 0.15) is 52.9 Å². The molecular formula is C14H25NO4. The van der Waals surface area contributed by atoms with Gasteiger partial charge in [0.05, 0.1) is 12.5 Å². The summed E-state index contributed by atoms with van der Waals surface area (Å²) in [5.41, 5.74) is 0. The SMILES string of the molecule is CCOC(=O)N(C1CCCCC1)C(C)C(C)C(=O)O. The number of ether oxygens (including phenoxy) is 1. The monoisotopic (exact) mass is 271 g/mol. The number of amides is 1. The molecule has 0 aromatic heterocycles. The van der Waals surface area contributed by atoms with Crippen LogP contribution in [-0.4, -0.2) is 40.8 Å². The maximum Gasteiger partial charge on any atom is 0.410 e. The summed E-state index contributed by atoms with van der Waals surface area (Å²) >= 11 is 0. The van der Waals surface area contributed by atoms with Crippen LogP contribution in [0.4, 0.5) is 4.79 Å². The van der Waals surface area contributed by atoms with Gasteiger partial charge in [-0.05, 0) is 33.6 Å². The van der Waals surface area contributed by atoms with Crippen LogP contribution in [-0.2, 0) is 9.53 Å². The van der Waals surface area contributed by atoms with E-state index in [2.05, 4.69) is 0 Å². The highest BCUT2D eigenvalue weighted by atomic mass is 16.6. The fraction of sp³-hybridized carbons (Fsp3) is 0.857. The van der Waals surface area contributed by atoms with Crippen molar-refractivity contribution in [3.05, 3.63) is 0 Å². The zero-order valence-corrected chi connectivity index (χ0v) is 12.1. The summed E-state index contributed by atoms with van der Waals surface area (Å²) in [6.07, 6.45) is 4.87. The van der Waals surface area contributed by atoms with Gasteiger partial charge in [0, 0.05) is 12.1 Å². The van der Waals surface area contributed by atoms with E-state index in [0.29, 0.717) is 6.61 Å². The molecule has 0 spiro atoms. The Morgan fingerprint density at radius 1 is 1.26 bits per heavy atom.